The average Bonchev–Trinajstić information content (AvgIpc) is 2.46. The summed E-state index contributed by atoms with van der Waals surface area (Å²) >= 11 is 16.9. The van der Waals surface area contributed by atoms with E-state index in [9.17, 15) is 0 Å². The molecule has 110 valence electrons. The van der Waals surface area contributed by atoms with Gasteiger partial charge in [0.1, 0.15) is 23.1 Å². The minimum Gasteiger partial charge on any atom is -0.497 e. The Bertz CT molecular complexity index is 677. The highest BCUT2D eigenvalue weighted by Crippen LogP contribution is 2.26. The molecule has 0 spiro atoms. The molecule has 0 aliphatic heterocycles. The quantitative estimate of drug-likeness (QED) is 0.827. The lowest BCUT2D eigenvalue weighted by atomic mass is 10.2. The molecule has 0 aliphatic carbocycles. The first-order valence-corrected chi connectivity index (χ1v) is 7.21. The van der Waals surface area contributed by atoms with Crippen molar-refractivity contribution in [2.24, 2.45) is 5.73 Å². The maximum Gasteiger partial charge on any atom is 0.124 e. The van der Waals surface area contributed by atoms with E-state index in [2.05, 4.69) is 0 Å². The zero-order chi connectivity index (χ0) is 15.4. The van der Waals surface area contributed by atoms with Crippen LogP contribution in [0, 0.1) is 0 Å². The number of ether oxygens (including phenoxy) is 2. The number of nitrogens with two attached hydrogens (primary N) is 1. The molecule has 2 N–H and O–H groups in total. The third-order valence-electron chi connectivity index (χ3n) is 2.81. The second kappa shape index (κ2) is 6.98. The van der Waals surface area contributed by atoms with E-state index in [1.165, 1.54) is 0 Å². The number of hydrogen-bond donors (Lipinski definition) is 1. The smallest absolute Gasteiger partial charge is 0.124 e. The summed E-state index contributed by atoms with van der Waals surface area (Å²) < 4.78 is 10.9. The van der Waals surface area contributed by atoms with E-state index in [4.69, 9.17) is 50.6 Å². The molecule has 0 saturated carbocycles. The lowest BCUT2D eigenvalue weighted by Crippen LogP contribution is -2.09. The first-order valence-electron chi connectivity index (χ1n) is 6.05. The molecular weight excluding hydrogens is 329 g/mol. The Kier molecular flexibility index (Phi) is 5.28. The molecule has 0 saturated heterocycles. The highest BCUT2D eigenvalue weighted by Gasteiger charge is 2.07. The van der Waals surface area contributed by atoms with Crippen LogP contribution in [0.4, 0.5) is 0 Å². The molecule has 0 bridgehead atoms. The molecule has 0 atom stereocenters. The third-order valence-corrected chi connectivity index (χ3v) is 3.63. The van der Waals surface area contributed by atoms with E-state index in [1.54, 1.807) is 37.4 Å². The van der Waals surface area contributed by atoms with Gasteiger partial charge in [0.15, 0.2) is 0 Å². The first kappa shape index (κ1) is 15.9. The van der Waals surface area contributed by atoms with Crippen LogP contribution in [0.5, 0.6) is 11.5 Å². The van der Waals surface area contributed by atoms with E-state index in [-0.39, 0.29) is 4.99 Å². The van der Waals surface area contributed by atoms with Gasteiger partial charge in [-0.15, -0.1) is 0 Å². The van der Waals surface area contributed by atoms with Gasteiger partial charge in [0.05, 0.1) is 7.11 Å². The molecule has 6 heteroatoms. The van der Waals surface area contributed by atoms with Crippen molar-refractivity contribution in [2.75, 3.05) is 7.11 Å². The van der Waals surface area contributed by atoms with Crippen LogP contribution in [0.2, 0.25) is 10.0 Å². The van der Waals surface area contributed by atoms with Crippen LogP contribution in [0.3, 0.4) is 0 Å². The molecule has 2 aromatic carbocycles. The predicted molar refractivity (Wildman–Crippen MR) is 89.7 cm³/mol. The number of benzene rings is 2. The minimum absolute atomic E-state index is 0.281. The van der Waals surface area contributed by atoms with Gasteiger partial charge in [-0.05, 0) is 24.3 Å². The molecule has 2 rings (SSSR count). The van der Waals surface area contributed by atoms with Crippen molar-refractivity contribution in [3.8, 4) is 11.5 Å². The summed E-state index contributed by atoms with van der Waals surface area (Å²) in [5, 5.41) is 1.14. The zero-order valence-corrected chi connectivity index (χ0v) is 13.6. The molecule has 0 fully saturated rings. The molecule has 0 aliphatic rings. The summed E-state index contributed by atoms with van der Waals surface area (Å²) in [5.74, 6) is 1.22. The Morgan fingerprint density at radius 3 is 2.48 bits per heavy atom. The van der Waals surface area contributed by atoms with Gasteiger partial charge in [0.25, 0.3) is 0 Å². The number of hydrogen-bond acceptors (Lipinski definition) is 3. The van der Waals surface area contributed by atoms with Crippen molar-refractivity contribution in [1.82, 2.24) is 0 Å². The Balaban J connectivity index is 2.19. The fourth-order valence-electron chi connectivity index (χ4n) is 1.72. The fourth-order valence-corrected chi connectivity index (χ4v) is 2.30. The van der Waals surface area contributed by atoms with Crippen LogP contribution >= 0.6 is 35.4 Å². The maximum absolute atomic E-state index is 6.11. The zero-order valence-electron chi connectivity index (χ0n) is 11.2. The summed E-state index contributed by atoms with van der Waals surface area (Å²) in [7, 11) is 1.57. The average molecular weight is 342 g/mol. The number of rotatable bonds is 5. The predicted octanol–water partition coefficient (Wildman–Crippen LogP) is 4.22. The molecule has 0 aromatic heterocycles. The SMILES string of the molecule is COc1cc(OCc2ccc(Cl)cc2Cl)cc(C(N)=S)c1. The van der Waals surface area contributed by atoms with Gasteiger partial charge in [0, 0.05) is 27.2 Å². The number of halogens is 2. The van der Waals surface area contributed by atoms with Crippen LogP contribution in [-0.2, 0) is 6.61 Å². The molecule has 0 unspecified atom stereocenters. The standard InChI is InChI=1S/C15H13Cl2NO2S/c1-19-12-4-10(15(18)21)5-13(7-12)20-8-9-2-3-11(16)6-14(9)17/h2-7H,8H2,1H3,(H2,18,21). The van der Waals surface area contributed by atoms with Gasteiger partial charge in [-0.3, -0.25) is 0 Å². The Labute approximate surface area is 138 Å². The second-order valence-corrected chi connectivity index (χ2v) is 5.57. The minimum atomic E-state index is 0.281. The Morgan fingerprint density at radius 1 is 1.14 bits per heavy atom. The molecule has 21 heavy (non-hydrogen) atoms. The molecule has 2 aromatic rings. The summed E-state index contributed by atoms with van der Waals surface area (Å²) in [6.45, 7) is 0.305. The lowest BCUT2D eigenvalue weighted by molar-refractivity contribution is 0.303. The van der Waals surface area contributed by atoms with Crippen molar-refractivity contribution in [1.29, 1.82) is 0 Å². The van der Waals surface area contributed by atoms with Crippen LogP contribution < -0.4 is 15.2 Å². The van der Waals surface area contributed by atoms with E-state index in [1.807, 2.05) is 6.07 Å². The van der Waals surface area contributed by atoms with Gasteiger partial charge in [-0.2, -0.15) is 0 Å². The number of methoxy groups -OCH3 is 1. The van der Waals surface area contributed by atoms with Gasteiger partial charge >= 0.3 is 0 Å². The first-order chi connectivity index (χ1) is 9.99. The highest BCUT2D eigenvalue weighted by atomic mass is 35.5. The fraction of sp³-hybridized carbons (Fsp3) is 0.133. The number of thiocarbonyl (C=S) groups is 1. The summed E-state index contributed by atoms with van der Waals surface area (Å²) in [5.41, 5.74) is 7.15. The van der Waals surface area contributed by atoms with Gasteiger partial charge in [-0.25, -0.2) is 0 Å². The van der Waals surface area contributed by atoms with Crippen molar-refractivity contribution in [3.05, 3.63) is 57.6 Å². The van der Waals surface area contributed by atoms with Crippen LogP contribution in [-0.4, -0.2) is 12.1 Å². The van der Waals surface area contributed by atoms with E-state index < -0.39 is 0 Å². The second-order valence-electron chi connectivity index (χ2n) is 4.29. The Morgan fingerprint density at radius 2 is 1.86 bits per heavy atom. The van der Waals surface area contributed by atoms with Gasteiger partial charge in [0.2, 0.25) is 0 Å². The van der Waals surface area contributed by atoms with Crippen LogP contribution in [0.1, 0.15) is 11.1 Å². The summed E-state index contributed by atoms with van der Waals surface area (Å²) in [6.07, 6.45) is 0. The highest BCUT2D eigenvalue weighted by molar-refractivity contribution is 7.80. The van der Waals surface area contributed by atoms with E-state index in [0.29, 0.717) is 33.7 Å². The van der Waals surface area contributed by atoms with Gasteiger partial charge < -0.3 is 15.2 Å². The normalized spacial score (nSPS) is 10.2. The van der Waals surface area contributed by atoms with Crippen LogP contribution in [0.15, 0.2) is 36.4 Å². The topological polar surface area (TPSA) is 44.5 Å². The van der Waals surface area contributed by atoms with Crippen LogP contribution in [0.25, 0.3) is 0 Å². The molecule has 0 amide bonds. The summed E-state index contributed by atoms with van der Waals surface area (Å²) in [6, 6.07) is 10.5. The van der Waals surface area contributed by atoms with Crippen molar-refractivity contribution in [2.45, 2.75) is 6.61 Å². The van der Waals surface area contributed by atoms with Crippen molar-refractivity contribution in [3.63, 3.8) is 0 Å². The van der Waals surface area contributed by atoms with E-state index in [0.717, 1.165) is 5.56 Å². The monoisotopic (exact) mass is 341 g/mol. The Hall–Kier alpha value is -1.49. The van der Waals surface area contributed by atoms with Gasteiger partial charge in [-0.1, -0.05) is 41.5 Å². The molecular formula is C15H13Cl2NO2S. The molecule has 0 radical (unpaired) electrons. The summed E-state index contributed by atoms with van der Waals surface area (Å²) in [4.78, 5) is 0.281. The van der Waals surface area contributed by atoms with Crippen molar-refractivity contribution < 1.29 is 9.47 Å². The van der Waals surface area contributed by atoms with E-state index >= 15 is 0 Å². The molecule has 3 nitrogen and oxygen atoms in total. The largest absolute Gasteiger partial charge is 0.497 e. The lowest BCUT2D eigenvalue weighted by Gasteiger charge is -2.11. The third kappa shape index (κ3) is 4.24. The maximum atomic E-state index is 6.11. The van der Waals surface area contributed by atoms with Crippen molar-refractivity contribution >= 4 is 40.4 Å². The molecule has 0 heterocycles.